The molecule has 148 valence electrons. The second-order valence-electron chi connectivity index (χ2n) is 7.59. The minimum Gasteiger partial charge on any atom is -0.352 e. The van der Waals surface area contributed by atoms with Gasteiger partial charge in [-0.15, -0.1) is 11.3 Å². The first-order valence-corrected chi connectivity index (χ1v) is 10.9. The predicted octanol–water partition coefficient (Wildman–Crippen LogP) is 4.91. The summed E-state index contributed by atoms with van der Waals surface area (Å²) in [4.78, 5) is 15.4. The number of aromatic amines is 2. The van der Waals surface area contributed by atoms with Gasteiger partial charge in [0.1, 0.15) is 11.2 Å². The van der Waals surface area contributed by atoms with Crippen molar-refractivity contribution in [1.82, 2.24) is 30.5 Å². The summed E-state index contributed by atoms with van der Waals surface area (Å²) in [5.41, 5.74) is 8.07. The molecule has 5 aromatic heterocycles. The van der Waals surface area contributed by atoms with Gasteiger partial charge in [0.2, 0.25) is 0 Å². The molecule has 1 aliphatic heterocycles. The van der Waals surface area contributed by atoms with Crippen LogP contribution < -0.4 is 5.32 Å². The van der Waals surface area contributed by atoms with Crippen LogP contribution in [-0.2, 0) is 0 Å². The standard InChI is InChI=1S/C23H20N6S/c1-13-2-5-21(30-13)16-11-25-12-20-15(16)10-19(26-20)23-22-18(28-29-23)4-3-17(27-22)14-6-8-24-9-7-14/h2-6,10-12,24,26H,7-9H2,1H3,(H,28,29). The Hall–Kier alpha value is -3.29. The quantitative estimate of drug-likeness (QED) is 0.393. The van der Waals surface area contributed by atoms with Gasteiger partial charge in [-0.2, -0.15) is 5.10 Å². The van der Waals surface area contributed by atoms with Crippen molar-refractivity contribution >= 4 is 38.8 Å². The molecule has 7 heteroatoms. The molecule has 6 nitrogen and oxygen atoms in total. The maximum Gasteiger partial charge on any atom is 0.135 e. The van der Waals surface area contributed by atoms with Crippen molar-refractivity contribution in [3.05, 3.63) is 59.4 Å². The maximum absolute atomic E-state index is 4.97. The minimum absolute atomic E-state index is 0.839. The summed E-state index contributed by atoms with van der Waals surface area (Å²) < 4.78 is 0. The van der Waals surface area contributed by atoms with E-state index in [1.54, 1.807) is 11.3 Å². The third kappa shape index (κ3) is 2.86. The number of H-pyrrole nitrogens is 2. The van der Waals surface area contributed by atoms with Gasteiger partial charge in [-0.1, -0.05) is 6.08 Å². The normalized spacial score (nSPS) is 14.5. The first kappa shape index (κ1) is 17.6. The molecule has 0 bridgehead atoms. The van der Waals surface area contributed by atoms with Crippen LogP contribution in [0.4, 0.5) is 0 Å². The molecular formula is C23H20N6S. The summed E-state index contributed by atoms with van der Waals surface area (Å²) >= 11 is 1.78. The number of aryl methyl sites for hydroxylation is 1. The van der Waals surface area contributed by atoms with Crippen LogP contribution in [0.25, 0.3) is 49.3 Å². The van der Waals surface area contributed by atoms with Gasteiger partial charge < -0.3 is 10.3 Å². The van der Waals surface area contributed by atoms with E-state index >= 15 is 0 Å². The lowest BCUT2D eigenvalue weighted by atomic mass is 10.0. The molecule has 0 aromatic carbocycles. The number of rotatable bonds is 3. The van der Waals surface area contributed by atoms with Crippen LogP contribution in [0.2, 0.25) is 0 Å². The Morgan fingerprint density at radius 3 is 2.87 bits per heavy atom. The number of pyridine rings is 2. The molecule has 0 aliphatic carbocycles. The summed E-state index contributed by atoms with van der Waals surface area (Å²) in [6.07, 6.45) is 7.03. The van der Waals surface area contributed by atoms with Crippen molar-refractivity contribution in [2.24, 2.45) is 0 Å². The second-order valence-corrected chi connectivity index (χ2v) is 8.88. The fraction of sp³-hybridized carbons (Fsp3) is 0.174. The first-order chi connectivity index (χ1) is 14.8. The van der Waals surface area contributed by atoms with Gasteiger partial charge >= 0.3 is 0 Å². The predicted molar refractivity (Wildman–Crippen MR) is 122 cm³/mol. The Morgan fingerprint density at radius 1 is 1.07 bits per heavy atom. The lowest BCUT2D eigenvalue weighted by molar-refractivity contribution is 0.737. The zero-order chi connectivity index (χ0) is 20.1. The highest BCUT2D eigenvalue weighted by molar-refractivity contribution is 7.15. The van der Waals surface area contributed by atoms with Crippen molar-refractivity contribution < 1.29 is 0 Å². The van der Waals surface area contributed by atoms with E-state index in [4.69, 9.17) is 4.98 Å². The lowest BCUT2D eigenvalue weighted by Gasteiger charge is -2.13. The van der Waals surface area contributed by atoms with Gasteiger partial charge in [-0.05, 0) is 55.8 Å². The fourth-order valence-electron chi connectivity index (χ4n) is 4.08. The smallest absolute Gasteiger partial charge is 0.135 e. The zero-order valence-corrected chi connectivity index (χ0v) is 17.3. The van der Waals surface area contributed by atoms with E-state index in [0.717, 1.165) is 64.1 Å². The molecule has 6 heterocycles. The Kier molecular flexibility index (Phi) is 4.04. The van der Waals surface area contributed by atoms with Crippen LogP contribution in [-0.4, -0.2) is 38.2 Å². The van der Waals surface area contributed by atoms with E-state index in [-0.39, 0.29) is 0 Å². The summed E-state index contributed by atoms with van der Waals surface area (Å²) in [5, 5.41) is 12.2. The van der Waals surface area contributed by atoms with Crippen molar-refractivity contribution in [2.45, 2.75) is 13.3 Å². The number of nitrogens with one attached hydrogen (secondary N) is 3. The maximum atomic E-state index is 4.97. The minimum atomic E-state index is 0.839. The van der Waals surface area contributed by atoms with Crippen molar-refractivity contribution in [2.75, 3.05) is 13.1 Å². The largest absolute Gasteiger partial charge is 0.352 e. The molecule has 5 aromatic rings. The third-order valence-electron chi connectivity index (χ3n) is 5.61. The number of thiophene rings is 1. The number of aromatic nitrogens is 5. The molecule has 3 N–H and O–H groups in total. The molecule has 0 amide bonds. The van der Waals surface area contributed by atoms with Gasteiger partial charge in [-0.3, -0.25) is 10.1 Å². The summed E-state index contributed by atoms with van der Waals surface area (Å²) in [5.74, 6) is 0. The highest BCUT2D eigenvalue weighted by Gasteiger charge is 2.17. The highest BCUT2D eigenvalue weighted by atomic mass is 32.1. The van der Waals surface area contributed by atoms with E-state index in [9.17, 15) is 0 Å². The molecule has 0 saturated heterocycles. The zero-order valence-electron chi connectivity index (χ0n) is 16.5. The van der Waals surface area contributed by atoms with E-state index in [2.05, 4.69) is 68.8 Å². The van der Waals surface area contributed by atoms with Gasteiger partial charge in [-0.25, -0.2) is 4.98 Å². The number of hydrogen-bond donors (Lipinski definition) is 3. The number of hydrogen-bond acceptors (Lipinski definition) is 5. The third-order valence-corrected chi connectivity index (χ3v) is 6.64. The average molecular weight is 413 g/mol. The molecule has 0 radical (unpaired) electrons. The Balaban J connectivity index is 1.49. The SMILES string of the molecule is Cc1ccc(-c2cncc3[nH]c(-c4n[nH]c5ccc(C6=CCNCC6)nc45)cc23)s1. The Morgan fingerprint density at radius 2 is 2.03 bits per heavy atom. The Bertz CT molecular complexity index is 1420. The van der Waals surface area contributed by atoms with E-state index in [0.29, 0.717) is 0 Å². The molecule has 0 spiro atoms. The van der Waals surface area contributed by atoms with E-state index < -0.39 is 0 Å². The summed E-state index contributed by atoms with van der Waals surface area (Å²) in [6.45, 7) is 4.01. The monoisotopic (exact) mass is 412 g/mol. The van der Waals surface area contributed by atoms with Gasteiger partial charge in [0.05, 0.1) is 28.6 Å². The second kappa shape index (κ2) is 6.90. The van der Waals surface area contributed by atoms with Crippen molar-refractivity contribution in [3.8, 4) is 21.8 Å². The van der Waals surface area contributed by atoms with E-state index in [1.165, 1.54) is 15.3 Å². The van der Waals surface area contributed by atoms with Crippen LogP contribution in [0.5, 0.6) is 0 Å². The van der Waals surface area contributed by atoms with Crippen molar-refractivity contribution in [1.29, 1.82) is 0 Å². The van der Waals surface area contributed by atoms with Crippen LogP contribution in [0.3, 0.4) is 0 Å². The summed E-state index contributed by atoms with van der Waals surface area (Å²) in [7, 11) is 0. The number of nitrogens with zero attached hydrogens (tertiary/aromatic N) is 3. The van der Waals surface area contributed by atoms with Crippen LogP contribution >= 0.6 is 11.3 Å². The molecule has 0 atom stereocenters. The molecule has 0 unspecified atom stereocenters. The van der Waals surface area contributed by atoms with Crippen LogP contribution in [0, 0.1) is 6.92 Å². The topological polar surface area (TPSA) is 82.3 Å². The Labute approximate surface area is 177 Å². The molecular weight excluding hydrogens is 392 g/mol. The average Bonchev–Trinajstić information content (AvgIpc) is 3.51. The van der Waals surface area contributed by atoms with Gasteiger partial charge in [0.25, 0.3) is 0 Å². The van der Waals surface area contributed by atoms with E-state index in [1.807, 2.05) is 12.4 Å². The van der Waals surface area contributed by atoms with Gasteiger partial charge in [0.15, 0.2) is 0 Å². The molecule has 30 heavy (non-hydrogen) atoms. The lowest BCUT2D eigenvalue weighted by Crippen LogP contribution is -2.20. The molecule has 6 rings (SSSR count). The highest BCUT2D eigenvalue weighted by Crippen LogP contribution is 2.36. The fourth-order valence-corrected chi connectivity index (χ4v) is 4.97. The van der Waals surface area contributed by atoms with Crippen LogP contribution in [0.1, 0.15) is 17.0 Å². The van der Waals surface area contributed by atoms with Crippen molar-refractivity contribution in [3.63, 3.8) is 0 Å². The molecule has 0 fully saturated rings. The number of fused-ring (bicyclic) bond motifs is 2. The first-order valence-electron chi connectivity index (χ1n) is 10.1. The molecule has 0 saturated carbocycles. The summed E-state index contributed by atoms with van der Waals surface area (Å²) in [6, 6.07) is 10.6. The van der Waals surface area contributed by atoms with Crippen LogP contribution in [0.15, 0.2) is 48.8 Å². The van der Waals surface area contributed by atoms with Gasteiger partial charge in [0, 0.05) is 33.4 Å². The molecule has 1 aliphatic rings.